The average molecular weight is 307 g/mol. The molecule has 1 amide bonds. The molecule has 0 aromatic carbocycles. The summed E-state index contributed by atoms with van der Waals surface area (Å²) in [5.74, 6) is 0. The third kappa shape index (κ3) is 344. The number of nitrogens with two attached hydrogens (primary N) is 1. The molecule has 0 bridgehead atoms. The van der Waals surface area contributed by atoms with Gasteiger partial charge in [0.25, 0.3) is 0 Å². The minimum atomic E-state index is -1.33. The molecule has 0 spiro atoms. The molecule has 3 N–H and O–H groups in total. The summed E-state index contributed by atoms with van der Waals surface area (Å²) in [5.41, 5.74) is 4.03. The van der Waals surface area contributed by atoms with Crippen molar-refractivity contribution in [2.45, 2.75) is 39.5 Å². The number of carbonyl (C=O) groups is 1. The molecule has 0 saturated heterocycles. The van der Waals surface area contributed by atoms with Crippen molar-refractivity contribution in [3.63, 3.8) is 0 Å². The monoisotopic (exact) mass is 305 g/mol. The summed E-state index contributed by atoms with van der Waals surface area (Å²) >= 11 is 0. The Morgan fingerprint density at radius 3 is 1.20 bits per heavy atom. The van der Waals surface area contributed by atoms with E-state index in [2.05, 4.69) is 33.4 Å². The van der Waals surface area contributed by atoms with E-state index >= 15 is 0 Å². The Morgan fingerprint density at radius 1 is 1.13 bits per heavy atom. The fourth-order valence-corrected chi connectivity index (χ4v) is 0. The third-order valence-electron chi connectivity index (χ3n) is 0.707. The first-order chi connectivity index (χ1) is 5.56. The van der Waals surface area contributed by atoms with Gasteiger partial charge in [0.05, 0.1) is 0 Å². The van der Waals surface area contributed by atoms with Gasteiger partial charge in [-0.2, -0.15) is 12.8 Å². The van der Waals surface area contributed by atoms with Crippen molar-refractivity contribution >= 4 is 33.1 Å². The molecule has 0 rings (SSSR count). The number of carboxylic acid groups (broad SMARTS) is 1. The number of primary amides is 1. The molecular formula is C9H23NO2S2Zn-4. The van der Waals surface area contributed by atoms with Crippen molar-refractivity contribution in [3.8, 4) is 0 Å². The number of thiol groups is 2. The van der Waals surface area contributed by atoms with E-state index in [1.807, 2.05) is 0 Å². The molecule has 0 saturated carbocycles. The van der Waals surface area contributed by atoms with Crippen LogP contribution in [0.1, 0.15) is 39.5 Å². The quantitative estimate of drug-likeness (QED) is 0.356. The molecule has 6 heteroatoms. The molecule has 0 atom stereocenters. The minimum Gasteiger partial charge on any atom is -0.813 e. The van der Waals surface area contributed by atoms with Gasteiger partial charge in [0.15, 0.2) is 0 Å². The van der Waals surface area contributed by atoms with E-state index in [0.29, 0.717) is 0 Å². The zero-order valence-corrected chi connectivity index (χ0v) is 14.5. The number of amides is 1. The summed E-state index contributed by atoms with van der Waals surface area (Å²) in [7, 11) is 0. The van der Waals surface area contributed by atoms with Gasteiger partial charge < -0.3 is 51.7 Å². The second-order valence-electron chi connectivity index (χ2n) is 2.05. The van der Waals surface area contributed by atoms with Crippen LogP contribution in [0.2, 0.25) is 0 Å². The predicted octanol–water partition coefficient (Wildman–Crippen LogP) is 2.32. The second-order valence-corrected chi connectivity index (χ2v) is 2.05. The molecule has 15 heavy (non-hydrogen) atoms. The van der Waals surface area contributed by atoms with E-state index in [4.69, 9.17) is 9.90 Å². The topological polar surface area (TPSA) is 63.3 Å². The Hall–Kier alpha value is 0.593. The van der Waals surface area contributed by atoms with Gasteiger partial charge in [-0.1, -0.05) is 26.7 Å². The largest absolute Gasteiger partial charge is 0.813 e. The first kappa shape index (κ1) is 36.1. The Balaban J connectivity index is -0.0000000184. The van der Waals surface area contributed by atoms with Gasteiger partial charge in [0.2, 0.25) is 0 Å². The maximum Gasteiger partial charge on any atom is 0.402 e. The van der Waals surface area contributed by atoms with Gasteiger partial charge in [0, 0.05) is 19.5 Å². The summed E-state index contributed by atoms with van der Waals surface area (Å²) in [5, 5.41) is 7.19. The Morgan fingerprint density at radius 2 is 1.20 bits per heavy atom. The van der Waals surface area contributed by atoms with Gasteiger partial charge >= 0.3 is 6.09 Å². The number of hydrogen-bond donors (Lipinski definition) is 2. The van der Waals surface area contributed by atoms with Gasteiger partial charge in [-0.05, 0) is 0 Å². The van der Waals surface area contributed by atoms with Crippen LogP contribution in [0.4, 0.5) is 4.79 Å². The molecular weight excluding hydrogens is 284 g/mol. The molecule has 0 aliphatic rings. The summed E-state index contributed by atoms with van der Waals surface area (Å²) in [6, 6.07) is 0. The minimum absolute atomic E-state index is 0. The zero-order valence-electron chi connectivity index (χ0n) is 9.78. The molecule has 0 radical (unpaired) electrons. The molecule has 0 fully saturated rings. The van der Waals surface area contributed by atoms with Crippen LogP contribution in [-0.4, -0.2) is 11.2 Å². The van der Waals surface area contributed by atoms with E-state index in [9.17, 15) is 0 Å². The van der Waals surface area contributed by atoms with Crippen molar-refractivity contribution in [3.05, 3.63) is 13.8 Å². The van der Waals surface area contributed by atoms with Gasteiger partial charge in [-0.3, -0.25) is 0 Å². The van der Waals surface area contributed by atoms with Crippen LogP contribution in [0.15, 0.2) is 0 Å². The summed E-state index contributed by atoms with van der Waals surface area (Å²) in [4.78, 5) is 8.78. The smallest absolute Gasteiger partial charge is 0.402 e. The van der Waals surface area contributed by atoms with Crippen molar-refractivity contribution in [1.82, 2.24) is 0 Å². The SMILES string of the molecule is NC(=O)O.[CH2-]CCC.[CH2-]CCC.[SH-].[SH-].[Zn]. The van der Waals surface area contributed by atoms with E-state index < -0.39 is 6.09 Å². The van der Waals surface area contributed by atoms with Gasteiger partial charge in [0.1, 0.15) is 0 Å². The van der Waals surface area contributed by atoms with E-state index in [-0.39, 0.29) is 46.5 Å². The standard InChI is InChI=1S/2C4H9.CH3NO2.2H2S.Zn/c2*1-3-4-2;2-1(3)4;;;/h2*1,3-4H2,2H3;2H2,(H,3,4);2*1H2;/q2*-1;;;;/p-2. The predicted molar refractivity (Wildman–Crippen MR) is 70.3 cm³/mol. The first-order valence-electron chi connectivity index (χ1n) is 4.13. The Kier molecular flexibility index (Phi) is 113. The van der Waals surface area contributed by atoms with Crippen molar-refractivity contribution in [2.75, 3.05) is 0 Å². The van der Waals surface area contributed by atoms with Crippen molar-refractivity contribution in [2.24, 2.45) is 5.73 Å². The number of hydrogen-bond acceptors (Lipinski definition) is 3. The van der Waals surface area contributed by atoms with Gasteiger partial charge in [-0.15, -0.1) is 0 Å². The van der Waals surface area contributed by atoms with Crippen molar-refractivity contribution in [1.29, 1.82) is 0 Å². The Labute approximate surface area is 121 Å². The molecule has 94 valence electrons. The molecule has 3 nitrogen and oxygen atoms in total. The molecule has 0 aliphatic carbocycles. The fourth-order valence-electron chi connectivity index (χ4n) is 0. The fraction of sp³-hybridized carbons (Fsp3) is 0.667. The third-order valence-corrected chi connectivity index (χ3v) is 0.707. The number of unbranched alkanes of at least 4 members (excludes halogenated alkanes) is 2. The summed E-state index contributed by atoms with van der Waals surface area (Å²) < 4.78 is 0. The Bertz CT molecular complexity index is 76.5. The van der Waals surface area contributed by atoms with Crippen LogP contribution in [0, 0.1) is 13.8 Å². The van der Waals surface area contributed by atoms with E-state index in [1.54, 1.807) is 0 Å². The number of rotatable bonds is 2. The van der Waals surface area contributed by atoms with Crippen LogP contribution in [-0.2, 0) is 46.5 Å². The summed E-state index contributed by atoms with van der Waals surface area (Å²) in [6.45, 7) is 11.4. The van der Waals surface area contributed by atoms with Crippen LogP contribution in [0.25, 0.3) is 0 Å². The zero-order chi connectivity index (χ0) is 10.4. The summed E-state index contributed by atoms with van der Waals surface area (Å²) in [6.07, 6.45) is 3.22. The maximum atomic E-state index is 8.78. The van der Waals surface area contributed by atoms with E-state index in [1.165, 1.54) is 12.8 Å². The maximum absolute atomic E-state index is 8.78. The molecule has 0 aromatic rings. The van der Waals surface area contributed by atoms with Crippen LogP contribution in [0.5, 0.6) is 0 Å². The molecule has 0 unspecified atom stereocenters. The molecule has 0 aliphatic heterocycles. The normalized spacial score (nSPS) is 5.60. The second kappa shape index (κ2) is 46.8. The van der Waals surface area contributed by atoms with Crippen LogP contribution < -0.4 is 5.73 Å². The average Bonchev–Trinajstić information content (AvgIpc) is 2.03. The first-order valence-corrected chi connectivity index (χ1v) is 4.13. The molecule has 0 heterocycles. The van der Waals surface area contributed by atoms with Crippen LogP contribution >= 0.6 is 0 Å². The van der Waals surface area contributed by atoms with Crippen LogP contribution in [0.3, 0.4) is 0 Å². The molecule has 0 aromatic heterocycles. The van der Waals surface area contributed by atoms with E-state index in [0.717, 1.165) is 12.8 Å². The van der Waals surface area contributed by atoms with Gasteiger partial charge in [-0.25, -0.2) is 4.79 Å². The van der Waals surface area contributed by atoms with Crippen molar-refractivity contribution < 1.29 is 29.4 Å².